The number of benzene rings is 2. The van der Waals surface area contributed by atoms with Crippen LogP contribution in [0.2, 0.25) is 0 Å². The number of nitrogens with two attached hydrogens (primary N) is 1. The summed E-state index contributed by atoms with van der Waals surface area (Å²) in [5, 5.41) is 30.7. The minimum absolute atomic E-state index is 0.0432. The summed E-state index contributed by atoms with van der Waals surface area (Å²) >= 11 is 0. The van der Waals surface area contributed by atoms with Crippen LogP contribution in [0.1, 0.15) is 22.8 Å². The highest BCUT2D eigenvalue weighted by Gasteiger charge is 2.23. The average Bonchev–Trinajstić information content (AvgIpc) is 2.53. The van der Waals surface area contributed by atoms with Gasteiger partial charge in [0.15, 0.2) is 0 Å². The Hall–Kier alpha value is -3.10. The molecular formula is C17H13N3O2. The van der Waals surface area contributed by atoms with E-state index in [1.165, 1.54) is 6.07 Å². The molecule has 1 aromatic heterocycles. The number of aliphatic hydroxyl groups is 1. The molecule has 0 amide bonds. The van der Waals surface area contributed by atoms with Crippen molar-refractivity contribution in [3.05, 3.63) is 65.2 Å². The molecule has 2 aromatic carbocycles. The van der Waals surface area contributed by atoms with Crippen LogP contribution in [-0.2, 0) is 0 Å². The highest BCUT2D eigenvalue weighted by Crippen LogP contribution is 2.36. The number of anilines is 1. The van der Waals surface area contributed by atoms with Crippen LogP contribution in [0.4, 0.5) is 5.82 Å². The van der Waals surface area contributed by atoms with Gasteiger partial charge in [0.05, 0.1) is 5.52 Å². The fourth-order valence-electron chi connectivity index (χ4n) is 2.53. The third-order valence-electron chi connectivity index (χ3n) is 3.58. The van der Waals surface area contributed by atoms with Gasteiger partial charge in [-0.25, -0.2) is 4.98 Å². The number of pyridine rings is 1. The molecule has 0 aliphatic heterocycles. The number of nitrogen functional groups attached to an aromatic ring is 1. The second-order valence-electron chi connectivity index (χ2n) is 4.88. The van der Waals surface area contributed by atoms with Crippen LogP contribution in [-0.4, -0.2) is 15.2 Å². The van der Waals surface area contributed by atoms with E-state index in [4.69, 9.17) is 5.73 Å². The maximum atomic E-state index is 10.7. The van der Waals surface area contributed by atoms with Gasteiger partial charge in [0, 0.05) is 16.5 Å². The van der Waals surface area contributed by atoms with Gasteiger partial charge in [-0.15, -0.1) is 0 Å². The molecule has 1 unspecified atom stereocenters. The molecule has 0 saturated carbocycles. The normalized spacial score (nSPS) is 12.0. The number of aromatic hydroxyl groups is 1. The Labute approximate surface area is 126 Å². The van der Waals surface area contributed by atoms with Crippen molar-refractivity contribution in [2.24, 2.45) is 0 Å². The Kier molecular flexibility index (Phi) is 3.37. The number of fused-ring (bicyclic) bond motifs is 1. The summed E-state index contributed by atoms with van der Waals surface area (Å²) in [6.07, 6.45) is -1.17. The van der Waals surface area contributed by atoms with E-state index in [1.807, 2.05) is 6.07 Å². The summed E-state index contributed by atoms with van der Waals surface area (Å²) in [6.45, 7) is 0. The van der Waals surface area contributed by atoms with E-state index in [0.29, 0.717) is 22.0 Å². The van der Waals surface area contributed by atoms with Gasteiger partial charge in [-0.05, 0) is 12.1 Å². The number of phenolic OH excluding ortho intramolecular Hbond substituents is 1. The summed E-state index contributed by atoms with van der Waals surface area (Å²) < 4.78 is 0. The SMILES string of the molecule is N#Cc1c(N)nc2ccccc2c1C(O)c1ccccc1O. The number of phenols is 1. The smallest absolute Gasteiger partial charge is 0.142 e. The van der Waals surface area contributed by atoms with Gasteiger partial charge in [-0.1, -0.05) is 36.4 Å². The molecule has 0 spiro atoms. The van der Waals surface area contributed by atoms with Gasteiger partial charge in [0.1, 0.15) is 29.3 Å². The van der Waals surface area contributed by atoms with Crippen LogP contribution in [0, 0.1) is 11.3 Å². The largest absolute Gasteiger partial charge is 0.508 e. The fraction of sp³-hybridized carbons (Fsp3) is 0.0588. The first-order valence-corrected chi connectivity index (χ1v) is 6.67. The number of hydrogen-bond acceptors (Lipinski definition) is 5. The first kappa shape index (κ1) is 13.9. The zero-order valence-corrected chi connectivity index (χ0v) is 11.6. The van der Waals surface area contributed by atoms with E-state index >= 15 is 0 Å². The van der Waals surface area contributed by atoms with Crippen molar-refractivity contribution in [1.29, 1.82) is 5.26 Å². The van der Waals surface area contributed by atoms with Crippen molar-refractivity contribution >= 4 is 16.7 Å². The van der Waals surface area contributed by atoms with Crippen molar-refractivity contribution in [2.75, 3.05) is 5.73 Å². The molecule has 0 bridgehead atoms. The fourth-order valence-corrected chi connectivity index (χ4v) is 2.53. The summed E-state index contributed by atoms with van der Waals surface area (Å²) in [7, 11) is 0. The molecule has 0 saturated heterocycles. The van der Waals surface area contributed by atoms with Crippen molar-refractivity contribution in [3.8, 4) is 11.8 Å². The average molecular weight is 291 g/mol. The molecule has 3 aromatic rings. The van der Waals surface area contributed by atoms with Gasteiger partial charge in [-0.3, -0.25) is 0 Å². The van der Waals surface area contributed by atoms with E-state index in [2.05, 4.69) is 4.98 Å². The molecule has 108 valence electrons. The lowest BCUT2D eigenvalue weighted by atomic mass is 9.93. The Balaban J connectivity index is 2.34. The Morgan fingerprint density at radius 1 is 1.09 bits per heavy atom. The highest BCUT2D eigenvalue weighted by atomic mass is 16.3. The van der Waals surface area contributed by atoms with Crippen molar-refractivity contribution < 1.29 is 10.2 Å². The lowest BCUT2D eigenvalue weighted by Gasteiger charge is -2.17. The lowest BCUT2D eigenvalue weighted by molar-refractivity contribution is 0.217. The first-order chi connectivity index (χ1) is 10.6. The standard InChI is InChI=1S/C17H13N3O2/c18-9-12-15(16(22)11-6-2-4-8-14(11)21)10-5-1-3-7-13(10)20-17(12)19/h1-8,16,21-22H,(H2,19,20). The van der Waals surface area contributed by atoms with Crippen LogP contribution in [0.15, 0.2) is 48.5 Å². The molecule has 0 aliphatic carbocycles. The number of hydrogen-bond donors (Lipinski definition) is 3. The molecule has 5 heteroatoms. The van der Waals surface area contributed by atoms with E-state index in [1.54, 1.807) is 42.5 Å². The summed E-state index contributed by atoms with van der Waals surface area (Å²) in [5.74, 6) is 0.0176. The molecule has 5 nitrogen and oxygen atoms in total. The topological polar surface area (TPSA) is 103 Å². The predicted molar refractivity (Wildman–Crippen MR) is 83.0 cm³/mol. The number of para-hydroxylation sites is 2. The highest BCUT2D eigenvalue weighted by molar-refractivity contribution is 5.87. The van der Waals surface area contributed by atoms with Crippen LogP contribution in [0.3, 0.4) is 0 Å². The van der Waals surface area contributed by atoms with Crippen LogP contribution in [0.5, 0.6) is 5.75 Å². The Morgan fingerprint density at radius 3 is 2.50 bits per heavy atom. The Bertz CT molecular complexity index is 900. The molecule has 22 heavy (non-hydrogen) atoms. The maximum absolute atomic E-state index is 10.7. The number of rotatable bonds is 2. The van der Waals surface area contributed by atoms with Crippen molar-refractivity contribution in [1.82, 2.24) is 4.98 Å². The number of nitrogens with zero attached hydrogens (tertiary/aromatic N) is 2. The molecule has 0 aliphatic rings. The monoisotopic (exact) mass is 291 g/mol. The summed E-state index contributed by atoms with van der Waals surface area (Å²) in [4.78, 5) is 4.19. The van der Waals surface area contributed by atoms with E-state index in [0.717, 1.165) is 0 Å². The van der Waals surface area contributed by atoms with Crippen molar-refractivity contribution in [2.45, 2.75) is 6.10 Å². The van der Waals surface area contributed by atoms with Crippen LogP contribution >= 0.6 is 0 Å². The van der Waals surface area contributed by atoms with E-state index in [9.17, 15) is 15.5 Å². The second-order valence-corrected chi connectivity index (χ2v) is 4.88. The third-order valence-corrected chi connectivity index (χ3v) is 3.58. The van der Waals surface area contributed by atoms with Gasteiger partial charge >= 0.3 is 0 Å². The lowest BCUT2D eigenvalue weighted by Crippen LogP contribution is -2.08. The van der Waals surface area contributed by atoms with Crippen LogP contribution < -0.4 is 5.73 Å². The number of nitriles is 1. The van der Waals surface area contributed by atoms with E-state index in [-0.39, 0.29) is 17.1 Å². The maximum Gasteiger partial charge on any atom is 0.142 e. The van der Waals surface area contributed by atoms with E-state index < -0.39 is 6.10 Å². The zero-order valence-electron chi connectivity index (χ0n) is 11.6. The molecule has 3 rings (SSSR count). The van der Waals surface area contributed by atoms with Gasteiger partial charge in [0.2, 0.25) is 0 Å². The quantitative estimate of drug-likeness (QED) is 0.673. The van der Waals surface area contributed by atoms with Gasteiger partial charge < -0.3 is 15.9 Å². The number of aliphatic hydroxyl groups excluding tert-OH is 1. The Morgan fingerprint density at radius 2 is 1.77 bits per heavy atom. The minimum Gasteiger partial charge on any atom is -0.508 e. The zero-order chi connectivity index (χ0) is 15.7. The molecule has 0 fully saturated rings. The first-order valence-electron chi connectivity index (χ1n) is 6.67. The minimum atomic E-state index is -1.17. The molecule has 1 heterocycles. The van der Waals surface area contributed by atoms with Crippen molar-refractivity contribution in [3.63, 3.8) is 0 Å². The molecule has 1 atom stereocenters. The number of aromatic nitrogens is 1. The molecule has 4 N–H and O–H groups in total. The molecular weight excluding hydrogens is 278 g/mol. The summed E-state index contributed by atoms with van der Waals surface area (Å²) in [5.41, 5.74) is 7.22. The molecule has 0 radical (unpaired) electrons. The third kappa shape index (κ3) is 2.12. The predicted octanol–water partition coefficient (Wildman–Crippen LogP) is 2.48. The van der Waals surface area contributed by atoms with Crippen LogP contribution in [0.25, 0.3) is 10.9 Å². The van der Waals surface area contributed by atoms with Gasteiger partial charge in [0.25, 0.3) is 0 Å². The second kappa shape index (κ2) is 5.35. The van der Waals surface area contributed by atoms with Gasteiger partial charge in [-0.2, -0.15) is 5.26 Å². The summed E-state index contributed by atoms with van der Waals surface area (Å²) in [6, 6.07) is 15.6.